The fourth-order valence-corrected chi connectivity index (χ4v) is 2.31. The van der Waals surface area contributed by atoms with Gasteiger partial charge in [-0.25, -0.2) is 0 Å². The Kier molecular flexibility index (Phi) is 8.07. The number of piperidine rings is 1. The van der Waals surface area contributed by atoms with Crippen LogP contribution >= 0.6 is 0 Å². The topological polar surface area (TPSA) is 38.8 Å². The Labute approximate surface area is 117 Å². The van der Waals surface area contributed by atoms with Gasteiger partial charge >= 0.3 is 0 Å². The van der Waals surface area contributed by atoms with Gasteiger partial charge in [0.1, 0.15) is 0 Å². The molecule has 0 bridgehead atoms. The maximum Gasteiger partial charge on any atom is 0.219 e. The second kappa shape index (κ2) is 9.32. The van der Waals surface area contributed by atoms with Crippen molar-refractivity contribution in [1.29, 1.82) is 0 Å². The van der Waals surface area contributed by atoms with E-state index in [4.69, 9.17) is 9.47 Å². The van der Waals surface area contributed by atoms with E-state index in [0.29, 0.717) is 19.3 Å². The molecule has 0 aromatic carbocycles. The van der Waals surface area contributed by atoms with Crippen LogP contribution in [-0.2, 0) is 14.3 Å². The smallest absolute Gasteiger partial charge is 0.219 e. The van der Waals surface area contributed by atoms with Gasteiger partial charge in [-0.05, 0) is 31.6 Å². The van der Waals surface area contributed by atoms with Crippen molar-refractivity contribution in [3.63, 3.8) is 0 Å². The molecule has 0 spiro atoms. The van der Waals surface area contributed by atoms with Gasteiger partial charge in [-0.15, -0.1) is 0 Å². The number of amides is 1. The number of ether oxygens (including phenoxy) is 2. The van der Waals surface area contributed by atoms with Gasteiger partial charge in [0.15, 0.2) is 0 Å². The molecule has 19 heavy (non-hydrogen) atoms. The first-order valence-corrected chi connectivity index (χ1v) is 7.54. The normalized spacial score (nSPS) is 17.2. The standard InChI is InChI=1S/C15H29NO3/c1-13(2)5-4-10-18-11-12-19-15-6-8-16(9-7-15)14(3)17/h13,15H,4-12H2,1-3H3. The fraction of sp³-hybridized carbons (Fsp3) is 0.933. The highest BCUT2D eigenvalue weighted by Crippen LogP contribution is 2.13. The SMILES string of the molecule is CC(=O)N1CCC(OCCOCCCC(C)C)CC1. The minimum absolute atomic E-state index is 0.173. The van der Waals surface area contributed by atoms with Gasteiger partial charge in [0.25, 0.3) is 0 Å². The predicted octanol–water partition coefficient (Wildman–Crippen LogP) is 2.47. The lowest BCUT2D eigenvalue weighted by atomic mass is 10.1. The predicted molar refractivity (Wildman–Crippen MR) is 76.1 cm³/mol. The number of likely N-dealkylation sites (tertiary alicyclic amines) is 1. The third-order valence-electron chi connectivity index (χ3n) is 3.54. The lowest BCUT2D eigenvalue weighted by Crippen LogP contribution is -2.39. The zero-order chi connectivity index (χ0) is 14.1. The molecule has 0 aliphatic carbocycles. The number of nitrogens with zero attached hydrogens (tertiary/aromatic N) is 1. The Morgan fingerprint density at radius 3 is 2.47 bits per heavy atom. The van der Waals surface area contributed by atoms with E-state index in [1.165, 1.54) is 6.42 Å². The van der Waals surface area contributed by atoms with E-state index < -0.39 is 0 Å². The Hall–Kier alpha value is -0.610. The Morgan fingerprint density at radius 1 is 1.21 bits per heavy atom. The molecule has 0 aromatic heterocycles. The average molecular weight is 271 g/mol. The van der Waals surface area contributed by atoms with Crippen LogP contribution in [0.4, 0.5) is 0 Å². The highest BCUT2D eigenvalue weighted by Gasteiger charge is 2.20. The van der Waals surface area contributed by atoms with Gasteiger partial charge < -0.3 is 14.4 Å². The first-order chi connectivity index (χ1) is 9.09. The van der Waals surface area contributed by atoms with E-state index in [1.54, 1.807) is 6.92 Å². The zero-order valence-electron chi connectivity index (χ0n) is 12.7. The lowest BCUT2D eigenvalue weighted by Gasteiger charge is -2.31. The summed E-state index contributed by atoms with van der Waals surface area (Å²) in [6.45, 7) is 9.95. The summed E-state index contributed by atoms with van der Waals surface area (Å²) in [6.07, 6.45) is 4.56. The van der Waals surface area contributed by atoms with E-state index in [-0.39, 0.29) is 5.91 Å². The number of rotatable bonds is 8. The molecule has 0 radical (unpaired) electrons. The zero-order valence-corrected chi connectivity index (χ0v) is 12.7. The van der Waals surface area contributed by atoms with Crippen LogP contribution in [-0.4, -0.2) is 49.8 Å². The molecule has 112 valence electrons. The molecule has 1 fully saturated rings. The minimum atomic E-state index is 0.173. The molecule has 0 N–H and O–H groups in total. The summed E-state index contributed by atoms with van der Waals surface area (Å²) in [6, 6.07) is 0. The number of carbonyl (C=O) groups is 1. The van der Waals surface area contributed by atoms with E-state index in [2.05, 4.69) is 13.8 Å². The van der Waals surface area contributed by atoms with Crippen molar-refractivity contribution in [3.8, 4) is 0 Å². The van der Waals surface area contributed by atoms with Crippen molar-refractivity contribution in [2.45, 2.75) is 52.6 Å². The number of hydrogen-bond donors (Lipinski definition) is 0. The van der Waals surface area contributed by atoms with Gasteiger partial charge in [-0.2, -0.15) is 0 Å². The van der Waals surface area contributed by atoms with Crippen molar-refractivity contribution in [2.24, 2.45) is 5.92 Å². The molecule has 1 rings (SSSR count). The number of carbonyl (C=O) groups excluding carboxylic acids is 1. The van der Waals surface area contributed by atoms with Crippen LogP contribution in [0.25, 0.3) is 0 Å². The summed E-state index contributed by atoms with van der Waals surface area (Å²) < 4.78 is 11.3. The molecule has 0 atom stereocenters. The summed E-state index contributed by atoms with van der Waals surface area (Å²) >= 11 is 0. The Balaban J connectivity index is 1.92. The monoisotopic (exact) mass is 271 g/mol. The second-order valence-corrected chi connectivity index (χ2v) is 5.72. The van der Waals surface area contributed by atoms with Crippen molar-refractivity contribution < 1.29 is 14.3 Å². The second-order valence-electron chi connectivity index (χ2n) is 5.72. The van der Waals surface area contributed by atoms with Crippen LogP contribution in [0.2, 0.25) is 0 Å². The molecule has 0 unspecified atom stereocenters. The van der Waals surface area contributed by atoms with Crippen molar-refractivity contribution in [2.75, 3.05) is 32.9 Å². The van der Waals surface area contributed by atoms with Crippen LogP contribution in [0.3, 0.4) is 0 Å². The molecular weight excluding hydrogens is 242 g/mol. The Morgan fingerprint density at radius 2 is 1.89 bits per heavy atom. The van der Waals surface area contributed by atoms with E-state index in [0.717, 1.165) is 44.9 Å². The molecule has 0 aromatic rings. The van der Waals surface area contributed by atoms with Crippen LogP contribution < -0.4 is 0 Å². The van der Waals surface area contributed by atoms with Crippen molar-refractivity contribution in [3.05, 3.63) is 0 Å². The van der Waals surface area contributed by atoms with Crippen molar-refractivity contribution >= 4 is 5.91 Å². The van der Waals surface area contributed by atoms with E-state index in [9.17, 15) is 4.79 Å². The molecule has 1 amide bonds. The molecule has 1 aliphatic rings. The maximum absolute atomic E-state index is 11.2. The molecular formula is C15H29NO3. The summed E-state index contributed by atoms with van der Waals surface area (Å²) in [7, 11) is 0. The van der Waals surface area contributed by atoms with E-state index >= 15 is 0 Å². The summed E-state index contributed by atoms with van der Waals surface area (Å²) in [5, 5.41) is 0. The first kappa shape index (κ1) is 16.4. The third-order valence-corrected chi connectivity index (χ3v) is 3.54. The highest BCUT2D eigenvalue weighted by molar-refractivity contribution is 5.73. The van der Waals surface area contributed by atoms with Crippen LogP contribution in [0.5, 0.6) is 0 Å². The highest BCUT2D eigenvalue weighted by atomic mass is 16.5. The lowest BCUT2D eigenvalue weighted by molar-refractivity contribution is -0.131. The van der Waals surface area contributed by atoms with Gasteiger partial charge in [0.05, 0.1) is 19.3 Å². The summed E-state index contributed by atoms with van der Waals surface area (Å²) in [4.78, 5) is 13.1. The van der Waals surface area contributed by atoms with Gasteiger partial charge in [-0.3, -0.25) is 4.79 Å². The summed E-state index contributed by atoms with van der Waals surface area (Å²) in [5.74, 6) is 0.929. The first-order valence-electron chi connectivity index (χ1n) is 7.54. The number of hydrogen-bond acceptors (Lipinski definition) is 3. The van der Waals surface area contributed by atoms with Crippen LogP contribution in [0.1, 0.15) is 46.5 Å². The quantitative estimate of drug-likeness (QED) is 0.637. The van der Waals surface area contributed by atoms with Gasteiger partial charge in [-0.1, -0.05) is 13.8 Å². The Bertz CT molecular complexity index is 248. The summed E-state index contributed by atoms with van der Waals surface area (Å²) in [5.41, 5.74) is 0. The van der Waals surface area contributed by atoms with Crippen molar-refractivity contribution in [1.82, 2.24) is 4.90 Å². The van der Waals surface area contributed by atoms with Crippen LogP contribution in [0, 0.1) is 5.92 Å². The molecule has 1 aliphatic heterocycles. The molecule has 0 saturated carbocycles. The molecule has 1 heterocycles. The fourth-order valence-electron chi connectivity index (χ4n) is 2.31. The molecule has 4 heteroatoms. The maximum atomic E-state index is 11.2. The van der Waals surface area contributed by atoms with Gasteiger partial charge in [0.2, 0.25) is 5.91 Å². The molecule has 1 saturated heterocycles. The van der Waals surface area contributed by atoms with Crippen LogP contribution in [0.15, 0.2) is 0 Å². The molecule has 4 nitrogen and oxygen atoms in total. The average Bonchev–Trinajstić information content (AvgIpc) is 2.38. The largest absolute Gasteiger partial charge is 0.379 e. The van der Waals surface area contributed by atoms with Gasteiger partial charge in [0, 0.05) is 26.6 Å². The van der Waals surface area contributed by atoms with E-state index in [1.807, 2.05) is 4.90 Å². The third kappa shape index (κ3) is 7.53. The minimum Gasteiger partial charge on any atom is -0.379 e.